The van der Waals surface area contributed by atoms with Crippen LogP contribution < -0.4 is 0 Å². The van der Waals surface area contributed by atoms with Crippen LogP contribution >= 0.6 is 27.5 Å². The number of carbonyl (C=O) groups excluding carboxylic acids is 1. The highest BCUT2D eigenvalue weighted by molar-refractivity contribution is 9.10. The lowest BCUT2D eigenvalue weighted by atomic mass is 9.87. The minimum atomic E-state index is -0.433. The van der Waals surface area contributed by atoms with Gasteiger partial charge in [0.2, 0.25) is 0 Å². The number of hydrogen-bond acceptors (Lipinski definition) is 1. The van der Waals surface area contributed by atoms with Gasteiger partial charge in [0, 0.05) is 10.0 Å². The van der Waals surface area contributed by atoms with Crippen molar-refractivity contribution in [1.82, 2.24) is 0 Å². The van der Waals surface area contributed by atoms with Gasteiger partial charge in [-0.15, -0.1) is 0 Å². The van der Waals surface area contributed by atoms with Crippen LogP contribution in [0.3, 0.4) is 0 Å². The molecule has 0 amide bonds. The second-order valence-electron chi connectivity index (χ2n) is 4.22. The van der Waals surface area contributed by atoms with Gasteiger partial charge in [0.1, 0.15) is 0 Å². The number of carbonyl (C=O) groups is 1. The van der Waals surface area contributed by atoms with Crippen molar-refractivity contribution < 1.29 is 4.79 Å². The molecule has 0 fully saturated rings. The predicted octanol–water partition coefficient (Wildman–Crippen LogP) is 4.13. The highest BCUT2D eigenvalue weighted by Crippen LogP contribution is 2.27. The summed E-state index contributed by atoms with van der Waals surface area (Å²) in [6.07, 6.45) is 0. The third kappa shape index (κ3) is 2.58. The lowest BCUT2D eigenvalue weighted by Gasteiger charge is -2.19. The van der Waals surface area contributed by atoms with Gasteiger partial charge < -0.3 is 0 Å². The zero-order chi connectivity index (χ0) is 10.9. The zero-order valence-electron chi connectivity index (χ0n) is 8.40. The lowest BCUT2D eigenvalue weighted by Crippen LogP contribution is -2.11. The Hall–Kier alpha value is -0.340. The van der Waals surface area contributed by atoms with Crippen LogP contribution in [0, 0.1) is 0 Å². The van der Waals surface area contributed by atoms with Crippen LogP contribution in [-0.4, -0.2) is 5.24 Å². The summed E-state index contributed by atoms with van der Waals surface area (Å²) in [7, 11) is 0. The van der Waals surface area contributed by atoms with Crippen LogP contribution in [-0.2, 0) is 5.41 Å². The molecule has 0 aliphatic heterocycles. The van der Waals surface area contributed by atoms with E-state index in [1.54, 1.807) is 6.07 Å². The van der Waals surface area contributed by atoms with E-state index in [0.29, 0.717) is 5.56 Å². The highest BCUT2D eigenvalue weighted by atomic mass is 79.9. The van der Waals surface area contributed by atoms with E-state index in [1.807, 2.05) is 12.1 Å². The Morgan fingerprint density at radius 2 is 1.93 bits per heavy atom. The maximum absolute atomic E-state index is 11.0. The van der Waals surface area contributed by atoms with Crippen LogP contribution in [0.15, 0.2) is 22.7 Å². The number of hydrogen-bond donors (Lipinski definition) is 0. The van der Waals surface area contributed by atoms with Gasteiger partial charge in [-0.05, 0) is 50.6 Å². The molecule has 76 valence electrons. The largest absolute Gasteiger partial charge is 0.276 e. The third-order valence-corrected chi connectivity index (χ3v) is 2.91. The summed E-state index contributed by atoms with van der Waals surface area (Å²) in [6, 6.07) is 5.62. The summed E-state index contributed by atoms with van der Waals surface area (Å²) in [5.41, 5.74) is 1.77. The van der Waals surface area contributed by atoms with E-state index in [1.165, 1.54) is 5.56 Å². The van der Waals surface area contributed by atoms with Gasteiger partial charge in [0.25, 0.3) is 5.24 Å². The first kappa shape index (κ1) is 11.7. The molecule has 0 heterocycles. The Morgan fingerprint density at radius 3 is 2.29 bits per heavy atom. The molecule has 1 rings (SSSR count). The molecule has 0 aromatic heterocycles. The van der Waals surface area contributed by atoms with Crippen LogP contribution in [0.1, 0.15) is 36.7 Å². The molecule has 0 atom stereocenters. The van der Waals surface area contributed by atoms with Crippen molar-refractivity contribution in [3.8, 4) is 0 Å². The van der Waals surface area contributed by atoms with E-state index in [2.05, 4.69) is 36.7 Å². The molecule has 14 heavy (non-hydrogen) atoms. The van der Waals surface area contributed by atoms with Gasteiger partial charge in [0.15, 0.2) is 0 Å². The van der Waals surface area contributed by atoms with Crippen LogP contribution in [0.25, 0.3) is 0 Å². The number of halogens is 2. The van der Waals surface area contributed by atoms with Crippen LogP contribution in [0.4, 0.5) is 0 Å². The average molecular weight is 276 g/mol. The molecule has 3 heteroatoms. The van der Waals surface area contributed by atoms with Crippen molar-refractivity contribution in [2.75, 3.05) is 0 Å². The minimum Gasteiger partial charge on any atom is -0.276 e. The maximum Gasteiger partial charge on any atom is 0.253 e. The Balaban J connectivity index is 3.20. The molecule has 0 saturated carbocycles. The maximum atomic E-state index is 11.0. The Morgan fingerprint density at radius 1 is 1.36 bits per heavy atom. The van der Waals surface area contributed by atoms with Crippen molar-refractivity contribution >= 4 is 32.8 Å². The van der Waals surface area contributed by atoms with E-state index in [-0.39, 0.29) is 5.41 Å². The van der Waals surface area contributed by atoms with Gasteiger partial charge >= 0.3 is 0 Å². The summed E-state index contributed by atoms with van der Waals surface area (Å²) in [5, 5.41) is -0.433. The average Bonchev–Trinajstić information content (AvgIpc) is 2.01. The van der Waals surface area contributed by atoms with Gasteiger partial charge in [-0.2, -0.15) is 0 Å². The molecule has 1 nitrogen and oxygen atoms in total. The van der Waals surface area contributed by atoms with Crippen molar-refractivity contribution in [3.05, 3.63) is 33.8 Å². The van der Waals surface area contributed by atoms with Crippen LogP contribution in [0.2, 0.25) is 0 Å². The number of rotatable bonds is 1. The van der Waals surface area contributed by atoms with Crippen molar-refractivity contribution in [2.24, 2.45) is 0 Å². The molecule has 0 aliphatic rings. The Bertz CT molecular complexity index is 366. The van der Waals surface area contributed by atoms with Gasteiger partial charge in [-0.25, -0.2) is 0 Å². The third-order valence-electron chi connectivity index (χ3n) is 2.05. The minimum absolute atomic E-state index is 0.0798. The molecule has 0 bridgehead atoms. The SMILES string of the molecule is CC(C)(C)c1ccc(C(=O)Cl)c(Br)c1. The summed E-state index contributed by atoms with van der Waals surface area (Å²) in [4.78, 5) is 11.0. The molecule has 1 aromatic rings. The summed E-state index contributed by atoms with van der Waals surface area (Å²) >= 11 is 8.74. The van der Waals surface area contributed by atoms with Gasteiger partial charge in [-0.1, -0.05) is 26.8 Å². The molecule has 0 unspecified atom stereocenters. The number of benzene rings is 1. The van der Waals surface area contributed by atoms with E-state index >= 15 is 0 Å². The topological polar surface area (TPSA) is 17.1 Å². The van der Waals surface area contributed by atoms with Gasteiger partial charge in [0.05, 0.1) is 0 Å². The molecule has 0 N–H and O–H groups in total. The van der Waals surface area contributed by atoms with Crippen molar-refractivity contribution in [2.45, 2.75) is 26.2 Å². The van der Waals surface area contributed by atoms with Crippen molar-refractivity contribution in [3.63, 3.8) is 0 Å². The Kier molecular flexibility index (Phi) is 3.38. The highest BCUT2D eigenvalue weighted by Gasteiger charge is 2.16. The fourth-order valence-corrected chi connectivity index (χ4v) is 1.98. The van der Waals surface area contributed by atoms with Crippen molar-refractivity contribution in [1.29, 1.82) is 0 Å². The monoisotopic (exact) mass is 274 g/mol. The van der Waals surface area contributed by atoms with Gasteiger partial charge in [-0.3, -0.25) is 4.79 Å². The smallest absolute Gasteiger partial charge is 0.253 e. The standard InChI is InChI=1S/C11H12BrClO/c1-11(2,3)7-4-5-8(10(13)14)9(12)6-7/h4-6H,1-3H3. The predicted molar refractivity (Wildman–Crippen MR) is 63.0 cm³/mol. The summed E-state index contributed by atoms with van der Waals surface area (Å²) in [6.45, 7) is 6.37. The summed E-state index contributed by atoms with van der Waals surface area (Å²) in [5.74, 6) is 0. The molecular formula is C11H12BrClO. The fraction of sp³-hybridized carbons (Fsp3) is 0.364. The molecular weight excluding hydrogens is 263 g/mol. The molecule has 1 aromatic carbocycles. The molecule has 0 radical (unpaired) electrons. The van der Waals surface area contributed by atoms with Crippen LogP contribution in [0.5, 0.6) is 0 Å². The summed E-state index contributed by atoms with van der Waals surface area (Å²) < 4.78 is 0.755. The normalized spacial score (nSPS) is 11.5. The fourth-order valence-electron chi connectivity index (χ4n) is 1.14. The van der Waals surface area contributed by atoms with E-state index < -0.39 is 5.24 Å². The first-order valence-electron chi connectivity index (χ1n) is 4.32. The zero-order valence-corrected chi connectivity index (χ0v) is 10.7. The second kappa shape index (κ2) is 4.03. The molecule has 0 spiro atoms. The van der Waals surface area contributed by atoms with E-state index in [0.717, 1.165) is 4.47 Å². The lowest BCUT2D eigenvalue weighted by molar-refractivity contribution is 0.108. The van der Waals surface area contributed by atoms with E-state index in [4.69, 9.17) is 11.6 Å². The quantitative estimate of drug-likeness (QED) is 0.705. The second-order valence-corrected chi connectivity index (χ2v) is 5.42. The van der Waals surface area contributed by atoms with E-state index in [9.17, 15) is 4.79 Å². The Labute approximate surface area is 97.6 Å². The molecule has 0 aliphatic carbocycles. The first-order chi connectivity index (χ1) is 6.32. The molecule has 0 saturated heterocycles. The first-order valence-corrected chi connectivity index (χ1v) is 5.49.